The number of nitriles is 1. The van der Waals surface area contributed by atoms with E-state index in [-0.39, 0.29) is 5.57 Å². The molecule has 0 saturated heterocycles. The van der Waals surface area contributed by atoms with Gasteiger partial charge in [0.25, 0.3) is 0 Å². The van der Waals surface area contributed by atoms with E-state index in [1.807, 2.05) is 12.1 Å². The van der Waals surface area contributed by atoms with Gasteiger partial charge in [0, 0.05) is 42.8 Å². The summed E-state index contributed by atoms with van der Waals surface area (Å²) in [6, 6.07) is 26.6. The number of hydrogen-bond acceptors (Lipinski definition) is 5. The van der Waals surface area contributed by atoms with Crippen molar-refractivity contribution >= 4 is 46.1 Å². The lowest BCUT2D eigenvalue weighted by Gasteiger charge is -2.34. The fraction of sp³-hybridized carbons (Fsp3) is 0.273. The number of carboxylic acids is 1. The van der Waals surface area contributed by atoms with Crippen LogP contribution in [0.2, 0.25) is 0 Å². The second kappa shape index (κ2) is 9.51. The number of rotatable bonds is 6. The molecular weight excluding hydrogens is 521 g/mol. The summed E-state index contributed by atoms with van der Waals surface area (Å²) in [5.74, 6) is 1.11. The molecule has 39 heavy (non-hydrogen) atoms. The highest BCUT2D eigenvalue weighted by Gasteiger charge is 2.55. The third kappa shape index (κ3) is 3.95. The van der Waals surface area contributed by atoms with Crippen LogP contribution in [0.25, 0.3) is 26.3 Å². The molecular formula is C33H28N2O2S2. The summed E-state index contributed by atoms with van der Waals surface area (Å²) in [6.07, 6.45) is 6.62. The minimum atomic E-state index is -1.20. The van der Waals surface area contributed by atoms with Gasteiger partial charge in [-0.1, -0.05) is 37.3 Å². The molecule has 2 aromatic heterocycles. The van der Waals surface area contributed by atoms with Gasteiger partial charge in [-0.2, -0.15) is 5.26 Å². The molecule has 1 N–H and O–H groups in total. The van der Waals surface area contributed by atoms with E-state index in [1.54, 1.807) is 23.0 Å². The topological polar surface area (TPSA) is 64.3 Å². The summed E-state index contributed by atoms with van der Waals surface area (Å²) in [4.78, 5) is 18.0. The number of carboxylic acid groups (broad SMARTS) is 1. The number of anilines is 2. The molecule has 3 aliphatic rings. The largest absolute Gasteiger partial charge is 0.477 e. The molecule has 2 aliphatic carbocycles. The van der Waals surface area contributed by atoms with Crippen molar-refractivity contribution in [1.82, 2.24) is 0 Å². The Morgan fingerprint density at radius 1 is 1.00 bits per heavy atom. The van der Waals surface area contributed by atoms with E-state index in [1.165, 1.54) is 64.1 Å². The zero-order valence-corrected chi connectivity index (χ0v) is 23.3. The van der Waals surface area contributed by atoms with Crippen LogP contribution in [0.15, 0.2) is 72.3 Å². The lowest BCUT2D eigenvalue weighted by Crippen LogP contribution is -2.35. The Morgan fingerprint density at radius 2 is 1.74 bits per heavy atom. The quantitative estimate of drug-likeness (QED) is 0.193. The van der Waals surface area contributed by atoms with Gasteiger partial charge < -0.3 is 10.0 Å². The summed E-state index contributed by atoms with van der Waals surface area (Å²) in [5, 5.41) is 18.2. The van der Waals surface area contributed by atoms with Crippen molar-refractivity contribution < 1.29 is 9.90 Å². The second-order valence-corrected chi connectivity index (χ2v) is 13.0. The minimum absolute atomic E-state index is 0.251. The number of nitrogens with zero attached hydrogens (tertiary/aromatic N) is 2. The first-order valence-electron chi connectivity index (χ1n) is 13.6. The summed E-state index contributed by atoms with van der Waals surface area (Å²) in [7, 11) is 0. The molecule has 4 atom stereocenters. The Bertz CT molecular complexity index is 1660. The average Bonchev–Trinajstić information content (AvgIpc) is 3.78. The van der Waals surface area contributed by atoms with Crippen LogP contribution in [0.1, 0.15) is 48.1 Å². The number of benzene rings is 2. The first kappa shape index (κ1) is 24.4. The third-order valence-corrected chi connectivity index (χ3v) is 11.2. The van der Waals surface area contributed by atoms with Crippen LogP contribution >= 0.6 is 22.7 Å². The van der Waals surface area contributed by atoms with Gasteiger partial charge in [-0.25, -0.2) is 4.79 Å². The number of para-hydroxylation sites is 1. The maximum Gasteiger partial charge on any atom is 0.346 e. The molecule has 3 heterocycles. The minimum Gasteiger partial charge on any atom is -0.477 e. The highest BCUT2D eigenvalue weighted by Crippen LogP contribution is 2.63. The molecule has 4 aromatic rings. The zero-order valence-electron chi connectivity index (χ0n) is 21.6. The van der Waals surface area contributed by atoms with Crippen LogP contribution in [-0.2, 0) is 11.2 Å². The molecule has 4 unspecified atom stereocenters. The Balaban J connectivity index is 1.18. The summed E-state index contributed by atoms with van der Waals surface area (Å²) >= 11 is 3.24. The Kier molecular flexibility index (Phi) is 5.95. The molecule has 0 spiro atoms. The first-order chi connectivity index (χ1) is 19.1. The predicted octanol–water partition coefficient (Wildman–Crippen LogP) is 8.73. The Morgan fingerprint density at radius 3 is 2.51 bits per heavy atom. The van der Waals surface area contributed by atoms with Gasteiger partial charge in [-0.05, 0) is 96.7 Å². The normalized spacial score (nSPS) is 23.1. The highest BCUT2D eigenvalue weighted by molar-refractivity contribution is 7.24. The van der Waals surface area contributed by atoms with E-state index < -0.39 is 5.97 Å². The van der Waals surface area contributed by atoms with Crippen molar-refractivity contribution in [3.63, 3.8) is 0 Å². The van der Waals surface area contributed by atoms with Crippen LogP contribution in [-0.4, -0.2) is 17.1 Å². The fourth-order valence-corrected chi connectivity index (χ4v) is 9.29. The molecule has 2 saturated carbocycles. The van der Waals surface area contributed by atoms with Crippen LogP contribution in [0.3, 0.4) is 0 Å². The van der Waals surface area contributed by atoms with Crippen molar-refractivity contribution in [2.75, 3.05) is 4.90 Å². The molecule has 6 heteroatoms. The van der Waals surface area contributed by atoms with Crippen LogP contribution < -0.4 is 4.90 Å². The number of thiophene rings is 2. The molecule has 0 amide bonds. The maximum atomic E-state index is 11.2. The van der Waals surface area contributed by atoms with Crippen LogP contribution in [0, 0.1) is 23.2 Å². The highest BCUT2D eigenvalue weighted by atomic mass is 32.1. The molecule has 4 nitrogen and oxygen atoms in total. The monoisotopic (exact) mass is 548 g/mol. The van der Waals surface area contributed by atoms with E-state index >= 15 is 0 Å². The molecule has 0 radical (unpaired) electrons. The van der Waals surface area contributed by atoms with Gasteiger partial charge in [0.1, 0.15) is 11.6 Å². The van der Waals surface area contributed by atoms with Gasteiger partial charge in [0.05, 0.1) is 0 Å². The van der Waals surface area contributed by atoms with E-state index in [0.29, 0.717) is 12.0 Å². The maximum absolute atomic E-state index is 11.2. The van der Waals surface area contributed by atoms with Crippen molar-refractivity contribution in [3.8, 4) is 26.3 Å². The number of hydrogen-bond donors (Lipinski definition) is 1. The smallest absolute Gasteiger partial charge is 0.346 e. The van der Waals surface area contributed by atoms with Gasteiger partial charge in [0.15, 0.2) is 0 Å². The lowest BCUT2D eigenvalue weighted by molar-refractivity contribution is -0.132. The molecule has 7 rings (SSSR count). The van der Waals surface area contributed by atoms with Crippen molar-refractivity contribution in [1.29, 1.82) is 5.26 Å². The third-order valence-electron chi connectivity index (χ3n) is 8.85. The molecule has 2 fully saturated rings. The first-order valence-corrected chi connectivity index (χ1v) is 15.3. The standard InChI is InChI=1S/C33H28N2O2S2/c1-2-19-4-3-5-26-30-21-6-7-22(16-21)32(30)35(31(19)26)24-10-8-20(9-11-24)27-14-15-29(39-27)28-13-12-25(38-28)17-23(18-34)33(36)37/h3-5,8-15,17,21-22,30,32H,2,6-7,16H2,1H3,(H,36,37)/b23-17+. The van der Waals surface area contributed by atoms with Gasteiger partial charge in [-0.15, -0.1) is 22.7 Å². The van der Waals surface area contributed by atoms with Crippen LogP contribution in [0.5, 0.6) is 0 Å². The molecule has 2 bridgehead atoms. The predicted molar refractivity (Wildman–Crippen MR) is 160 cm³/mol. The van der Waals surface area contributed by atoms with Crippen molar-refractivity contribution in [3.05, 3.63) is 88.3 Å². The fourth-order valence-electron chi connectivity index (χ4n) is 7.24. The molecule has 2 aromatic carbocycles. The summed E-state index contributed by atoms with van der Waals surface area (Å²) < 4.78 is 0. The summed E-state index contributed by atoms with van der Waals surface area (Å²) in [5.41, 5.74) is 6.77. The van der Waals surface area contributed by atoms with E-state index in [9.17, 15) is 4.79 Å². The summed E-state index contributed by atoms with van der Waals surface area (Å²) in [6.45, 7) is 2.27. The lowest BCUT2D eigenvalue weighted by atomic mass is 9.82. The number of carbonyl (C=O) groups is 1. The average molecular weight is 549 g/mol. The van der Waals surface area contributed by atoms with E-state index in [0.717, 1.165) is 32.9 Å². The van der Waals surface area contributed by atoms with Gasteiger partial charge in [0.2, 0.25) is 0 Å². The number of fused-ring (bicyclic) bond motifs is 7. The zero-order chi connectivity index (χ0) is 26.7. The Hall–Kier alpha value is -3.66. The van der Waals surface area contributed by atoms with Gasteiger partial charge >= 0.3 is 5.97 Å². The van der Waals surface area contributed by atoms with E-state index in [4.69, 9.17) is 10.4 Å². The van der Waals surface area contributed by atoms with E-state index in [2.05, 4.69) is 66.4 Å². The molecule has 194 valence electrons. The number of aryl methyl sites for hydroxylation is 1. The molecule has 1 aliphatic heterocycles. The number of aliphatic carboxylic acids is 1. The SMILES string of the molecule is CCc1cccc2c1N(c1ccc(-c3ccc(-c4ccc(/C=C(\C#N)C(=O)O)s4)s3)cc1)C1C3CCC(C3)C21. The van der Waals surface area contributed by atoms with Crippen LogP contribution in [0.4, 0.5) is 11.4 Å². The second-order valence-electron chi connectivity index (χ2n) is 10.8. The van der Waals surface area contributed by atoms with Crippen molar-refractivity contribution in [2.24, 2.45) is 11.8 Å². The Labute approximate surface area is 236 Å². The van der Waals surface area contributed by atoms with Crippen molar-refractivity contribution in [2.45, 2.75) is 44.6 Å². The van der Waals surface area contributed by atoms with Gasteiger partial charge in [-0.3, -0.25) is 0 Å².